The minimum absolute atomic E-state index is 0.134. The number of aromatic nitrogens is 1. The van der Waals surface area contributed by atoms with Crippen LogP contribution in [0.1, 0.15) is 15.5 Å². The second kappa shape index (κ2) is 7.72. The van der Waals surface area contributed by atoms with Gasteiger partial charge in [0.1, 0.15) is 5.75 Å². The van der Waals surface area contributed by atoms with Gasteiger partial charge in [0.25, 0.3) is 0 Å². The largest absolute Gasteiger partial charge is 0.485 e. The van der Waals surface area contributed by atoms with E-state index in [0.717, 1.165) is 22.5 Å². The molecule has 0 aliphatic heterocycles. The summed E-state index contributed by atoms with van der Waals surface area (Å²) < 4.78 is 5.50. The van der Waals surface area contributed by atoms with Crippen molar-refractivity contribution in [3.8, 4) is 16.9 Å². The van der Waals surface area contributed by atoms with Gasteiger partial charge in [-0.2, -0.15) is 0 Å². The van der Waals surface area contributed by atoms with Gasteiger partial charge in [0.15, 0.2) is 11.6 Å². The highest BCUT2D eigenvalue weighted by atomic mass is 32.1. The third-order valence-electron chi connectivity index (χ3n) is 3.45. The molecule has 0 bridgehead atoms. The minimum Gasteiger partial charge on any atom is -0.485 e. The van der Waals surface area contributed by atoms with Gasteiger partial charge in [-0.1, -0.05) is 42.5 Å². The molecular weight excluding hydrogens is 338 g/mol. The van der Waals surface area contributed by atoms with Gasteiger partial charge >= 0.3 is 5.97 Å². The van der Waals surface area contributed by atoms with E-state index in [0.29, 0.717) is 11.4 Å². The normalized spacial score (nSPS) is 10.4. The maximum absolute atomic E-state index is 12.1. The SMILES string of the molecule is O=C(O)Cc1csc(C(=O)COc2ccc(-c3ccccc3)cc2)n1. The van der Waals surface area contributed by atoms with Crippen molar-refractivity contribution in [1.29, 1.82) is 0 Å². The van der Waals surface area contributed by atoms with Gasteiger partial charge in [-0.05, 0) is 23.3 Å². The number of rotatable bonds is 7. The summed E-state index contributed by atoms with van der Waals surface area (Å²) in [4.78, 5) is 26.7. The first-order valence-corrected chi connectivity index (χ1v) is 8.47. The van der Waals surface area contributed by atoms with Crippen LogP contribution in [0.3, 0.4) is 0 Å². The zero-order chi connectivity index (χ0) is 17.6. The maximum atomic E-state index is 12.1. The number of hydrogen-bond donors (Lipinski definition) is 1. The highest BCUT2D eigenvalue weighted by molar-refractivity contribution is 7.11. The second-order valence-electron chi connectivity index (χ2n) is 5.32. The third kappa shape index (κ3) is 4.51. The highest BCUT2D eigenvalue weighted by Crippen LogP contribution is 2.22. The molecule has 1 aromatic heterocycles. The van der Waals surface area contributed by atoms with Gasteiger partial charge < -0.3 is 9.84 Å². The van der Waals surface area contributed by atoms with Crippen LogP contribution < -0.4 is 4.74 Å². The lowest BCUT2D eigenvalue weighted by molar-refractivity contribution is -0.136. The summed E-state index contributed by atoms with van der Waals surface area (Å²) in [6.07, 6.45) is -0.189. The van der Waals surface area contributed by atoms with Crippen molar-refractivity contribution in [2.24, 2.45) is 0 Å². The number of Topliss-reactive ketones (excluding diaryl/α,β-unsaturated/α-hetero) is 1. The summed E-state index contributed by atoms with van der Waals surface area (Å²) in [6, 6.07) is 17.5. The molecule has 0 amide bonds. The number of nitrogens with zero attached hydrogens (tertiary/aromatic N) is 1. The van der Waals surface area contributed by atoms with E-state index in [-0.39, 0.29) is 23.8 Å². The Balaban J connectivity index is 1.59. The molecule has 0 aliphatic carbocycles. The predicted octanol–water partition coefficient (Wildman–Crippen LogP) is 3.70. The number of carbonyl (C=O) groups is 2. The summed E-state index contributed by atoms with van der Waals surface area (Å²) >= 11 is 1.13. The zero-order valence-electron chi connectivity index (χ0n) is 13.2. The predicted molar refractivity (Wildman–Crippen MR) is 95.2 cm³/mol. The van der Waals surface area contributed by atoms with Crippen LogP contribution in [-0.2, 0) is 11.2 Å². The molecule has 0 spiro atoms. The molecule has 0 atom stereocenters. The van der Waals surface area contributed by atoms with E-state index in [4.69, 9.17) is 9.84 Å². The maximum Gasteiger partial charge on any atom is 0.309 e. The smallest absolute Gasteiger partial charge is 0.309 e. The van der Waals surface area contributed by atoms with E-state index >= 15 is 0 Å². The van der Waals surface area contributed by atoms with Crippen LogP contribution in [0.25, 0.3) is 11.1 Å². The third-order valence-corrected chi connectivity index (χ3v) is 4.39. The molecule has 5 nitrogen and oxygen atoms in total. The van der Waals surface area contributed by atoms with Crippen molar-refractivity contribution in [2.45, 2.75) is 6.42 Å². The number of carboxylic acids is 1. The molecule has 25 heavy (non-hydrogen) atoms. The Labute approximate surface area is 148 Å². The van der Waals surface area contributed by atoms with E-state index in [1.807, 2.05) is 54.6 Å². The van der Waals surface area contributed by atoms with E-state index in [1.165, 1.54) is 0 Å². The molecule has 0 radical (unpaired) electrons. The van der Waals surface area contributed by atoms with Crippen LogP contribution in [0.2, 0.25) is 0 Å². The molecule has 3 aromatic rings. The highest BCUT2D eigenvalue weighted by Gasteiger charge is 2.13. The van der Waals surface area contributed by atoms with Crippen LogP contribution in [0.15, 0.2) is 60.0 Å². The molecule has 0 saturated carbocycles. The van der Waals surface area contributed by atoms with E-state index in [9.17, 15) is 9.59 Å². The van der Waals surface area contributed by atoms with E-state index in [2.05, 4.69) is 4.98 Å². The van der Waals surface area contributed by atoms with Gasteiger partial charge in [0.2, 0.25) is 5.78 Å². The van der Waals surface area contributed by atoms with Crippen LogP contribution in [0.5, 0.6) is 5.75 Å². The van der Waals surface area contributed by atoms with Crippen molar-refractivity contribution in [3.05, 3.63) is 70.7 Å². The van der Waals surface area contributed by atoms with Gasteiger partial charge in [-0.3, -0.25) is 9.59 Å². The van der Waals surface area contributed by atoms with Gasteiger partial charge in [-0.15, -0.1) is 11.3 Å². The first-order valence-electron chi connectivity index (χ1n) is 7.59. The minimum atomic E-state index is -0.973. The van der Waals surface area contributed by atoms with Gasteiger partial charge in [0, 0.05) is 5.38 Å². The molecule has 0 aliphatic rings. The Morgan fingerprint density at radius 1 is 1.00 bits per heavy atom. The molecule has 0 fully saturated rings. The fraction of sp³-hybridized carbons (Fsp3) is 0.105. The Bertz CT molecular complexity index is 872. The number of hydrogen-bond acceptors (Lipinski definition) is 5. The van der Waals surface area contributed by atoms with E-state index in [1.54, 1.807) is 5.38 Å². The van der Waals surface area contributed by atoms with Crippen molar-refractivity contribution in [2.75, 3.05) is 6.61 Å². The van der Waals surface area contributed by atoms with Crippen molar-refractivity contribution in [1.82, 2.24) is 4.98 Å². The molecule has 2 aromatic carbocycles. The number of thiazole rings is 1. The fourth-order valence-electron chi connectivity index (χ4n) is 2.26. The Morgan fingerprint density at radius 3 is 2.36 bits per heavy atom. The number of ether oxygens (including phenoxy) is 1. The number of carbonyl (C=O) groups excluding carboxylic acids is 1. The average Bonchev–Trinajstić information content (AvgIpc) is 3.09. The summed E-state index contributed by atoms with van der Waals surface area (Å²) in [5.41, 5.74) is 2.56. The van der Waals surface area contributed by atoms with Crippen LogP contribution in [0, 0.1) is 0 Å². The number of ketones is 1. The summed E-state index contributed by atoms with van der Waals surface area (Å²) in [6.45, 7) is -0.134. The first kappa shape index (κ1) is 16.9. The average molecular weight is 353 g/mol. The van der Waals surface area contributed by atoms with Crippen LogP contribution >= 0.6 is 11.3 Å². The quantitative estimate of drug-likeness (QED) is 0.656. The van der Waals surface area contributed by atoms with Crippen molar-refractivity contribution < 1.29 is 19.4 Å². The molecule has 1 N–H and O–H groups in total. The lowest BCUT2D eigenvalue weighted by atomic mass is 10.1. The number of benzene rings is 2. The van der Waals surface area contributed by atoms with E-state index < -0.39 is 5.97 Å². The molecule has 126 valence electrons. The second-order valence-corrected chi connectivity index (χ2v) is 6.17. The van der Waals surface area contributed by atoms with Crippen LogP contribution in [0.4, 0.5) is 0 Å². The number of aliphatic carboxylic acids is 1. The van der Waals surface area contributed by atoms with Gasteiger partial charge in [0.05, 0.1) is 12.1 Å². The summed E-state index contributed by atoms with van der Waals surface area (Å²) in [7, 11) is 0. The lowest BCUT2D eigenvalue weighted by Gasteiger charge is -2.06. The number of carboxylic acid groups (broad SMARTS) is 1. The molecule has 1 heterocycles. The Morgan fingerprint density at radius 2 is 1.68 bits per heavy atom. The standard InChI is InChI=1S/C19H15NO4S/c21-17(19-20-15(12-25-19)10-18(22)23)11-24-16-8-6-14(7-9-16)13-4-2-1-3-5-13/h1-9,12H,10-11H2,(H,22,23). The Kier molecular flexibility index (Phi) is 5.20. The van der Waals surface area contributed by atoms with Crippen LogP contribution in [-0.4, -0.2) is 28.4 Å². The molecule has 6 heteroatoms. The molecular formula is C19H15NO4S. The monoisotopic (exact) mass is 353 g/mol. The molecule has 3 rings (SSSR count). The first-order chi connectivity index (χ1) is 12.1. The topological polar surface area (TPSA) is 76.5 Å². The van der Waals surface area contributed by atoms with Crippen molar-refractivity contribution in [3.63, 3.8) is 0 Å². The molecule has 0 unspecified atom stereocenters. The Hall–Kier alpha value is -2.99. The van der Waals surface area contributed by atoms with Crippen molar-refractivity contribution >= 4 is 23.1 Å². The fourth-order valence-corrected chi connectivity index (χ4v) is 3.00. The zero-order valence-corrected chi connectivity index (χ0v) is 14.0. The lowest BCUT2D eigenvalue weighted by Crippen LogP contribution is -2.11. The summed E-state index contributed by atoms with van der Waals surface area (Å²) in [5.74, 6) is -0.650. The molecule has 0 saturated heterocycles. The van der Waals surface area contributed by atoms with Gasteiger partial charge in [-0.25, -0.2) is 4.98 Å². The summed E-state index contributed by atoms with van der Waals surface area (Å²) in [5, 5.41) is 10.6.